The highest BCUT2D eigenvalue weighted by molar-refractivity contribution is 6.19. The van der Waals surface area contributed by atoms with Gasteiger partial charge in [0.15, 0.2) is 0 Å². The van der Waals surface area contributed by atoms with E-state index in [-0.39, 0.29) is 11.6 Å². The summed E-state index contributed by atoms with van der Waals surface area (Å²) in [5, 5.41) is 3.09. The molecular formula is C6H9ClN2O2. The molecule has 1 unspecified atom stereocenters. The molecule has 2 saturated heterocycles. The Labute approximate surface area is 69.4 Å². The maximum atomic E-state index is 11.0. The van der Waals surface area contributed by atoms with Gasteiger partial charge in [0.25, 0.3) is 0 Å². The lowest BCUT2D eigenvalue weighted by Crippen LogP contribution is -2.45. The molecule has 0 aromatic heterocycles. The molecule has 2 aliphatic heterocycles. The van der Waals surface area contributed by atoms with Crippen LogP contribution < -0.4 is 5.32 Å². The molecule has 1 amide bonds. The lowest BCUT2D eigenvalue weighted by Gasteiger charge is -2.23. The van der Waals surface area contributed by atoms with Crippen molar-refractivity contribution in [1.29, 1.82) is 0 Å². The highest BCUT2D eigenvalue weighted by Gasteiger charge is 2.50. The Bertz CT molecular complexity index is 199. The zero-order valence-electron chi connectivity index (χ0n) is 5.97. The quantitative estimate of drug-likeness (QED) is 0.571. The summed E-state index contributed by atoms with van der Waals surface area (Å²) >= 11 is 5.75. The first-order valence-corrected chi connectivity index (χ1v) is 4.03. The molecule has 2 heterocycles. The van der Waals surface area contributed by atoms with Gasteiger partial charge in [0.1, 0.15) is 12.1 Å². The number of halogens is 1. The van der Waals surface area contributed by atoms with Crippen LogP contribution in [0.2, 0.25) is 0 Å². The SMILES string of the molecule is O=C1OCC2(CCl)CNCN12. The fourth-order valence-corrected chi connectivity index (χ4v) is 1.80. The molecule has 0 aromatic rings. The molecule has 1 atom stereocenters. The lowest BCUT2D eigenvalue weighted by molar-refractivity contribution is 0.158. The van der Waals surface area contributed by atoms with E-state index in [1.165, 1.54) is 0 Å². The molecule has 0 spiro atoms. The van der Waals surface area contributed by atoms with Crippen LogP contribution in [0.15, 0.2) is 0 Å². The largest absolute Gasteiger partial charge is 0.447 e. The second-order valence-electron chi connectivity index (χ2n) is 2.93. The summed E-state index contributed by atoms with van der Waals surface area (Å²) in [6.45, 7) is 1.72. The van der Waals surface area contributed by atoms with Crippen molar-refractivity contribution in [2.45, 2.75) is 5.54 Å². The highest BCUT2D eigenvalue weighted by atomic mass is 35.5. The minimum atomic E-state index is -0.265. The van der Waals surface area contributed by atoms with E-state index in [9.17, 15) is 4.79 Å². The van der Waals surface area contributed by atoms with Gasteiger partial charge in [-0.05, 0) is 0 Å². The Hall–Kier alpha value is -0.480. The summed E-state index contributed by atoms with van der Waals surface area (Å²) < 4.78 is 4.88. The van der Waals surface area contributed by atoms with Gasteiger partial charge in [0, 0.05) is 6.54 Å². The van der Waals surface area contributed by atoms with Gasteiger partial charge in [-0.3, -0.25) is 10.2 Å². The number of carbonyl (C=O) groups excluding carboxylic acids is 1. The molecule has 4 nitrogen and oxygen atoms in total. The second-order valence-corrected chi connectivity index (χ2v) is 3.19. The van der Waals surface area contributed by atoms with E-state index in [0.717, 1.165) is 6.54 Å². The maximum absolute atomic E-state index is 11.0. The first kappa shape index (κ1) is 7.18. The maximum Gasteiger partial charge on any atom is 0.411 e. The molecule has 0 aromatic carbocycles. The van der Waals surface area contributed by atoms with Gasteiger partial charge >= 0.3 is 6.09 Å². The molecule has 0 aliphatic carbocycles. The van der Waals surface area contributed by atoms with E-state index in [2.05, 4.69) is 5.32 Å². The average Bonchev–Trinajstić information content (AvgIpc) is 2.53. The monoisotopic (exact) mass is 176 g/mol. The van der Waals surface area contributed by atoms with Crippen LogP contribution in [-0.4, -0.2) is 42.2 Å². The lowest BCUT2D eigenvalue weighted by atomic mass is 10.1. The van der Waals surface area contributed by atoms with Crippen LogP contribution >= 0.6 is 11.6 Å². The van der Waals surface area contributed by atoms with Crippen LogP contribution in [-0.2, 0) is 4.74 Å². The van der Waals surface area contributed by atoms with Crippen molar-refractivity contribution in [3.8, 4) is 0 Å². The third kappa shape index (κ3) is 0.827. The fraction of sp³-hybridized carbons (Fsp3) is 0.833. The van der Waals surface area contributed by atoms with Crippen molar-refractivity contribution in [1.82, 2.24) is 10.2 Å². The molecule has 5 heteroatoms. The Morgan fingerprint density at radius 3 is 3.27 bits per heavy atom. The van der Waals surface area contributed by atoms with Crippen molar-refractivity contribution in [2.24, 2.45) is 0 Å². The van der Waals surface area contributed by atoms with Gasteiger partial charge in [-0.2, -0.15) is 0 Å². The van der Waals surface area contributed by atoms with Gasteiger partial charge in [0.2, 0.25) is 0 Å². The molecule has 2 aliphatic rings. The van der Waals surface area contributed by atoms with Crippen LogP contribution in [0.4, 0.5) is 4.79 Å². The third-order valence-electron chi connectivity index (χ3n) is 2.23. The Kier molecular flexibility index (Phi) is 1.47. The minimum absolute atomic E-state index is 0.254. The number of alkyl halides is 1. The zero-order chi connectivity index (χ0) is 7.90. The van der Waals surface area contributed by atoms with Gasteiger partial charge in [0.05, 0.1) is 12.5 Å². The van der Waals surface area contributed by atoms with Crippen molar-refractivity contribution in [3.05, 3.63) is 0 Å². The van der Waals surface area contributed by atoms with E-state index in [0.29, 0.717) is 19.2 Å². The standard InChI is InChI=1S/C6H9ClN2O2/c7-1-6-2-8-4-9(6)5(10)11-3-6/h8H,1-4H2. The summed E-state index contributed by atoms with van der Waals surface area (Å²) in [6.07, 6.45) is -0.254. The Balaban J connectivity index is 2.25. The van der Waals surface area contributed by atoms with Crippen molar-refractivity contribution < 1.29 is 9.53 Å². The van der Waals surface area contributed by atoms with Gasteiger partial charge < -0.3 is 4.74 Å². The summed E-state index contributed by atoms with van der Waals surface area (Å²) in [5.41, 5.74) is -0.265. The number of nitrogens with one attached hydrogen (secondary N) is 1. The number of cyclic esters (lactones) is 1. The molecule has 0 radical (unpaired) electrons. The minimum Gasteiger partial charge on any atom is -0.447 e. The van der Waals surface area contributed by atoms with E-state index in [1.807, 2.05) is 0 Å². The molecule has 0 bridgehead atoms. The van der Waals surface area contributed by atoms with Gasteiger partial charge in [-0.15, -0.1) is 11.6 Å². The van der Waals surface area contributed by atoms with Crippen LogP contribution in [0.25, 0.3) is 0 Å². The number of hydrogen-bond donors (Lipinski definition) is 1. The number of ether oxygens (including phenoxy) is 1. The number of amides is 1. The van der Waals surface area contributed by atoms with Crippen molar-refractivity contribution >= 4 is 17.7 Å². The summed E-state index contributed by atoms with van der Waals surface area (Å²) in [5.74, 6) is 0.436. The topological polar surface area (TPSA) is 41.6 Å². The average molecular weight is 177 g/mol. The van der Waals surface area contributed by atoms with Crippen LogP contribution in [0.1, 0.15) is 0 Å². The molecule has 2 fully saturated rings. The second kappa shape index (κ2) is 2.25. The fourth-order valence-electron chi connectivity index (χ4n) is 1.48. The molecule has 0 saturated carbocycles. The Morgan fingerprint density at radius 1 is 1.82 bits per heavy atom. The molecular weight excluding hydrogens is 168 g/mol. The van der Waals surface area contributed by atoms with Crippen molar-refractivity contribution in [3.63, 3.8) is 0 Å². The summed E-state index contributed by atoms with van der Waals surface area (Å²) in [4.78, 5) is 12.7. The summed E-state index contributed by atoms with van der Waals surface area (Å²) in [6, 6.07) is 0. The highest BCUT2D eigenvalue weighted by Crippen LogP contribution is 2.27. The zero-order valence-corrected chi connectivity index (χ0v) is 6.73. The first-order valence-electron chi connectivity index (χ1n) is 3.50. The number of carbonyl (C=O) groups is 1. The predicted molar refractivity (Wildman–Crippen MR) is 39.5 cm³/mol. The normalized spacial score (nSPS) is 35.7. The molecule has 1 N–H and O–H groups in total. The number of fused-ring (bicyclic) bond motifs is 1. The Morgan fingerprint density at radius 2 is 2.64 bits per heavy atom. The predicted octanol–water partition coefficient (Wildman–Crippen LogP) is -0.0231. The molecule has 62 valence electrons. The smallest absolute Gasteiger partial charge is 0.411 e. The van der Waals surface area contributed by atoms with E-state index >= 15 is 0 Å². The van der Waals surface area contributed by atoms with Crippen LogP contribution in [0, 0.1) is 0 Å². The van der Waals surface area contributed by atoms with E-state index < -0.39 is 0 Å². The van der Waals surface area contributed by atoms with E-state index in [4.69, 9.17) is 16.3 Å². The van der Waals surface area contributed by atoms with Gasteiger partial charge in [-0.1, -0.05) is 0 Å². The molecule has 11 heavy (non-hydrogen) atoms. The summed E-state index contributed by atoms with van der Waals surface area (Å²) in [7, 11) is 0. The third-order valence-corrected chi connectivity index (χ3v) is 2.73. The van der Waals surface area contributed by atoms with Crippen LogP contribution in [0.5, 0.6) is 0 Å². The number of hydrogen-bond acceptors (Lipinski definition) is 3. The van der Waals surface area contributed by atoms with E-state index in [1.54, 1.807) is 4.90 Å². The number of nitrogens with zero attached hydrogens (tertiary/aromatic N) is 1. The number of rotatable bonds is 1. The van der Waals surface area contributed by atoms with Crippen LogP contribution in [0.3, 0.4) is 0 Å². The van der Waals surface area contributed by atoms with Gasteiger partial charge in [-0.25, -0.2) is 4.79 Å². The molecule has 2 rings (SSSR count). The first-order chi connectivity index (χ1) is 5.28. The van der Waals surface area contributed by atoms with Crippen molar-refractivity contribution in [2.75, 3.05) is 25.7 Å².